The van der Waals surface area contributed by atoms with Crippen molar-refractivity contribution in [3.05, 3.63) is 64.5 Å². The Morgan fingerprint density at radius 2 is 1.54 bits per heavy atom. The Hall–Kier alpha value is -3.10. The zero-order valence-corrected chi connectivity index (χ0v) is 13.2. The number of hydrogen-bond acceptors (Lipinski definition) is 3. The predicted molar refractivity (Wildman–Crippen MR) is 84.8 cm³/mol. The van der Waals surface area contributed by atoms with E-state index in [-0.39, 0.29) is 5.71 Å². The van der Waals surface area contributed by atoms with E-state index in [0.29, 0.717) is 24.0 Å². The van der Waals surface area contributed by atoms with Crippen LogP contribution in [-0.4, -0.2) is 24.4 Å². The molecule has 0 unspecified atom stereocenters. The first-order valence-corrected chi connectivity index (χ1v) is 7.42. The van der Waals surface area contributed by atoms with E-state index >= 15 is 0 Å². The summed E-state index contributed by atoms with van der Waals surface area (Å²) in [5.74, 6) is -11.0. The molecule has 3 rings (SSSR count). The summed E-state index contributed by atoms with van der Waals surface area (Å²) in [6, 6.07) is 6.67. The zero-order chi connectivity index (χ0) is 19.0. The minimum atomic E-state index is -2.26. The fourth-order valence-electron chi connectivity index (χ4n) is 2.55. The molecule has 0 N–H and O–H groups in total. The van der Waals surface area contributed by atoms with Gasteiger partial charge in [-0.05, 0) is 13.0 Å². The molecule has 0 spiro atoms. The fourth-order valence-corrected chi connectivity index (χ4v) is 2.55. The molecule has 1 heterocycles. The average Bonchev–Trinajstić information content (AvgIpc) is 2.92. The van der Waals surface area contributed by atoms with E-state index < -0.39 is 40.6 Å². The number of benzene rings is 2. The van der Waals surface area contributed by atoms with Crippen LogP contribution in [0.2, 0.25) is 0 Å². The predicted octanol–water partition coefficient (Wildman–Crippen LogP) is 3.57. The first kappa shape index (κ1) is 17.7. The molecule has 1 aliphatic heterocycles. The number of hydrogen-bond donors (Lipinski definition) is 0. The quantitative estimate of drug-likeness (QED) is 0.269. The van der Waals surface area contributed by atoms with Gasteiger partial charge in [-0.3, -0.25) is 4.79 Å². The van der Waals surface area contributed by atoms with Crippen LogP contribution in [0, 0.1) is 29.1 Å². The van der Waals surface area contributed by atoms with Crippen LogP contribution in [-0.2, 0) is 4.79 Å². The van der Waals surface area contributed by atoms with E-state index in [9.17, 15) is 26.7 Å². The van der Waals surface area contributed by atoms with Gasteiger partial charge in [-0.2, -0.15) is 5.10 Å². The van der Waals surface area contributed by atoms with E-state index in [1.165, 1.54) is 4.90 Å². The minimum Gasteiger partial charge on any atom is -0.307 e. The van der Waals surface area contributed by atoms with Crippen LogP contribution < -0.4 is 4.90 Å². The second kappa shape index (κ2) is 6.66. The summed E-state index contributed by atoms with van der Waals surface area (Å²) in [4.78, 5) is 13.7. The molecule has 26 heavy (non-hydrogen) atoms. The van der Waals surface area contributed by atoms with E-state index in [1.807, 2.05) is 0 Å². The number of para-hydroxylation sites is 1. The van der Waals surface area contributed by atoms with Gasteiger partial charge in [-0.1, -0.05) is 18.2 Å². The lowest BCUT2D eigenvalue weighted by atomic mass is 10.1. The summed E-state index contributed by atoms with van der Waals surface area (Å²) in [7, 11) is 0. The van der Waals surface area contributed by atoms with Gasteiger partial charge in [-0.25, -0.2) is 22.0 Å². The number of rotatable bonds is 3. The van der Waals surface area contributed by atoms with E-state index in [0.717, 1.165) is 0 Å². The first-order chi connectivity index (χ1) is 12.4. The first-order valence-electron chi connectivity index (χ1n) is 7.42. The second-order valence-corrected chi connectivity index (χ2v) is 5.24. The normalized spacial score (nSPS) is 15.4. The maximum atomic E-state index is 13.6. The van der Waals surface area contributed by atoms with Crippen molar-refractivity contribution in [2.45, 2.75) is 6.92 Å². The van der Waals surface area contributed by atoms with Crippen LogP contribution in [0.25, 0.3) is 0 Å². The molecule has 0 saturated carbocycles. The molecule has 0 atom stereocenters. The van der Waals surface area contributed by atoms with E-state index in [2.05, 4.69) is 10.2 Å². The molecule has 2 aromatic rings. The van der Waals surface area contributed by atoms with Crippen LogP contribution in [0.1, 0.15) is 18.1 Å². The van der Waals surface area contributed by atoms with E-state index in [4.69, 9.17) is 0 Å². The number of carbonyl (C=O) groups excluding carboxylic acids is 1. The Labute approximate surface area is 144 Å². The van der Waals surface area contributed by atoms with Gasteiger partial charge in [0.1, 0.15) is 0 Å². The minimum absolute atomic E-state index is 0.0948. The molecular weight excluding hydrogens is 357 g/mol. The fraction of sp³-hybridized carbons (Fsp3) is 0.118. The molecule has 0 bridgehead atoms. The Morgan fingerprint density at radius 3 is 2.15 bits per heavy atom. The van der Waals surface area contributed by atoms with Gasteiger partial charge in [0.25, 0.3) is 5.91 Å². The number of carbonyl (C=O) groups is 1. The lowest BCUT2D eigenvalue weighted by Gasteiger charge is -2.12. The van der Waals surface area contributed by atoms with Crippen molar-refractivity contribution >= 4 is 23.5 Å². The van der Waals surface area contributed by atoms with Gasteiger partial charge in [0, 0.05) is 12.1 Å². The van der Waals surface area contributed by atoms with Crippen LogP contribution in [0.5, 0.6) is 0 Å². The Bertz CT molecular complexity index is 942. The number of nitrogens with zero attached hydrogens (tertiary/aromatic N) is 3. The number of fused-ring (bicyclic) bond motifs is 1. The maximum absolute atomic E-state index is 13.6. The average molecular weight is 367 g/mol. The van der Waals surface area contributed by atoms with Crippen LogP contribution >= 0.6 is 0 Å². The molecular formula is C17H10F5N3O. The van der Waals surface area contributed by atoms with Gasteiger partial charge in [0.05, 0.1) is 17.5 Å². The maximum Gasteiger partial charge on any atom is 0.279 e. The summed E-state index contributed by atoms with van der Waals surface area (Å²) in [6.45, 7) is 2.10. The molecule has 4 nitrogen and oxygen atoms in total. The molecule has 9 heteroatoms. The summed E-state index contributed by atoms with van der Waals surface area (Å²) in [6.07, 6.45) is 0.383. The summed E-state index contributed by atoms with van der Waals surface area (Å²) in [5, 5.41) is 6.98. The highest BCUT2D eigenvalue weighted by Crippen LogP contribution is 2.29. The standard InChI is InChI=1S/C17H10F5N3O/c1-2-25-10-6-4-3-5-8(10)16(17(25)26)24-23-7-9-11(18)13(20)15(22)14(21)12(9)19/h3-7H,2H2,1H3/b23-7-,24-16+. The van der Waals surface area contributed by atoms with Crippen molar-refractivity contribution in [1.82, 2.24) is 0 Å². The van der Waals surface area contributed by atoms with Gasteiger partial charge in [0.2, 0.25) is 5.82 Å². The molecule has 0 radical (unpaired) electrons. The SMILES string of the molecule is CCN1C(=O)/C(=N/N=C\c2c(F)c(F)c(F)c(F)c2F)c2ccccc21. The van der Waals surface area contributed by atoms with Crippen molar-refractivity contribution in [3.8, 4) is 0 Å². The highest BCUT2D eigenvalue weighted by Gasteiger charge is 2.32. The summed E-state index contributed by atoms with van der Waals surface area (Å²) in [5.41, 5.74) is -0.293. The smallest absolute Gasteiger partial charge is 0.279 e. The number of amides is 1. The molecule has 1 aliphatic rings. The number of anilines is 1. The number of likely N-dealkylation sites (N-methyl/N-ethyl adjacent to an activating group) is 1. The van der Waals surface area contributed by atoms with Gasteiger partial charge in [0.15, 0.2) is 29.0 Å². The van der Waals surface area contributed by atoms with E-state index in [1.54, 1.807) is 31.2 Å². The van der Waals surface area contributed by atoms with Gasteiger partial charge >= 0.3 is 0 Å². The van der Waals surface area contributed by atoms with Crippen molar-refractivity contribution < 1.29 is 26.7 Å². The zero-order valence-electron chi connectivity index (χ0n) is 13.2. The second-order valence-electron chi connectivity index (χ2n) is 5.24. The van der Waals surface area contributed by atoms with Crippen molar-refractivity contribution in [2.24, 2.45) is 10.2 Å². The third-order valence-corrected chi connectivity index (χ3v) is 3.80. The van der Waals surface area contributed by atoms with Crippen LogP contribution in [0.4, 0.5) is 27.6 Å². The molecule has 0 aliphatic carbocycles. The Balaban J connectivity index is 2.03. The third-order valence-electron chi connectivity index (χ3n) is 3.80. The molecule has 2 aromatic carbocycles. The molecule has 0 saturated heterocycles. The topological polar surface area (TPSA) is 45.0 Å². The molecule has 0 fully saturated rings. The molecule has 1 amide bonds. The third kappa shape index (κ3) is 2.65. The summed E-state index contributed by atoms with van der Waals surface area (Å²) >= 11 is 0. The van der Waals surface area contributed by atoms with Crippen molar-refractivity contribution in [1.29, 1.82) is 0 Å². The summed E-state index contributed by atoms with van der Waals surface area (Å²) < 4.78 is 66.5. The lowest BCUT2D eigenvalue weighted by Crippen LogP contribution is -2.29. The van der Waals surface area contributed by atoms with Crippen molar-refractivity contribution in [3.63, 3.8) is 0 Å². The van der Waals surface area contributed by atoms with Gasteiger partial charge in [-0.15, -0.1) is 5.10 Å². The lowest BCUT2D eigenvalue weighted by molar-refractivity contribution is -0.112. The van der Waals surface area contributed by atoms with Gasteiger partial charge < -0.3 is 4.90 Å². The Kier molecular flexibility index (Phi) is 4.54. The number of halogens is 5. The molecule has 134 valence electrons. The van der Waals surface area contributed by atoms with Crippen LogP contribution in [0.3, 0.4) is 0 Å². The highest BCUT2D eigenvalue weighted by atomic mass is 19.2. The van der Waals surface area contributed by atoms with Crippen LogP contribution in [0.15, 0.2) is 34.5 Å². The highest BCUT2D eigenvalue weighted by molar-refractivity contribution is 6.54. The largest absolute Gasteiger partial charge is 0.307 e. The monoisotopic (exact) mass is 367 g/mol. The molecule has 0 aromatic heterocycles. The Morgan fingerprint density at radius 1 is 0.962 bits per heavy atom. The van der Waals surface area contributed by atoms with Crippen molar-refractivity contribution in [2.75, 3.05) is 11.4 Å².